The van der Waals surface area contributed by atoms with E-state index < -0.39 is 0 Å². The molecule has 1 aliphatic rings. The Hall–Kier alpha value is -1.88. The summed E-state index contributed by atoms with van der Waals surface area (Å²) in [7, 11) is 1.59. The zero-order valence-corrected chi connectivity index (χ0v) is 11.7. The molecule has 5 heteroatoms. The van der Waals surface area contributed by atoms with Crippen LogP contribution in [0.5, 0.6) is 5.75 Å². The van der Waals surface area contributed by atoms with Crippen LogP contribution >= 0.6 is 0 Å². The lowest BCUT2D eigenvalue weighted by Gasteiger charge is -2.32. The fourth-order valence-electron chi connectivity index (χ4n) is 2.56. The Bertz CT molecular complexity index is 484. The van der Waals surface area contributed by atoms with E-state index in [-0.39, 0.29) is 24.3 Å². The van der Waals surface area contributed by atoms with Gasteiger partial charge in [0.1, 0.15) is 5.75 Å². The fraction of sp³-hybridized carbons (Fsp3) is 0.467. The summed E-state index contributed by atoms with van der Waals surface area (Å²) in [6.45, 7) is 0.982. The van der Waals surface area contributed by atoms with E-state index in [9.17, 15) is 9.59 Å². The normalized spacial score (nSPS) is 19.6. The number of ketones is 1. The third-order valence-electron chi connectivity index (χ3n) is 3.70. The van der Waals surface area contributed by atoms with Gasteiger partial charge in [-0.3, -0.25) is 14.5 Å². The van der Waals surface area contributed by atoms with Gasteiger partial charge in [0.15, 0.2) is 5.78 Å². The molecule has 108 valence electrons. The Morgan fingerprint density at radius 2 is 2.00 bits per heavy atom. The molecule has 5 nitrogen and oxygen atoms in total. The molecule has 0 radical (unpaired) electrons. The van der Waals surface area contributed by atoms with E-state index in [1.54, 1.807) is 31.4 Å². The van der Waals surface area contributed by atoms with E-state index in [0.717, 1.165) is 31.6 Å². The van der Waals surface area contributed by atoms with Crippen molar-refractivity contribution in [2.45, 2.75) is 25.3 Å². The van der Waals surface area contributed by atoms with Crippen LogP contribution in [0.3, 0.4) is 0 Å². The summed E-state index contributed by atoms with van der Waals surface area (Å²) in [5.41, 5.74) is 6.03. The summed E-state index contributed by atoms with van der Waals surface area (Å²) in [6, 6.07) is 6.68. The van der Waals surface area contributed by atoms with Gasteiger partial charge in [-0.2, -0.15) is 0 Å². The van der Waals surface area contributed by atoms with Crippen molar-refractivity contribution in [2.75, 3.05) is 20.2 Å². The molecule has 2 rings (SSSR count). The molecule has 1 heterocycles. The molecule has 1 aromatic rings. The number of rotatable bonds is 5. The number of benzene rings is 1. The second kappa shape index (κ2) is 6.52. The summed E-state index contributed by atoms with van der Waals surface area (Å²) in [5, 5.41) is 0. The SMILES string of the molecule is COc1ccc(C(=O)CN2CCCCC2C(N)=O)cc1. The molecule has 2 N–H and O–H groups in total. The van der Waals surface area contributed by atoms with Gasteiger partial charge in [-0.1, -0.05) is 6.42 Å². The lowest BCUT2D eigenvalue weighted by Crippen LogP contribution is -2.49. The largest absolute Gasteiger partial charge is 0.497 e. The van der Waals surface area contributed by atoms with Crippen molar-refractivity contribution in [3.63, 3.8) is 0 Å². The van der Waals surface area contributed by atoms with Gasteiger partial charge in [-0.05, 0) is 43.7 Å². The van der Waals surface area contributed by atoms with Crippen molar-refractivity contribution in [3.8, 4) is 5.75 Å². The molecule has 1 fully saturated rings. The molecule has 1 saturated heterocycles. The van der Waals surface area contributed by atoms with Crippen LogP contribution in [-0.2, 0) is 4.79 Å². The number of primary amides is 1. The molecule has 1 atom stereocenters. The van der Waals surface area contributed by atoms with Gasteiger partial charge < -0.3 is 10.5 Å². The fourth-order valence-corrected chi connectivity index (χ4v) is 2.56. The van der Waals surface area contributed by atoms with Crippen molar-refractivity contribution >= 4 is 11.7 Å². The van der Waals surface area contributed by atoms with Crippen molar-refractivity contribution in [1.29, 1.82) is 0 Å². The van der Waals surface area contributed by atoms with Gasteiger partial charge in [0, 0.05) is 5.56 Å². The summed E-state index contributed by atoms with van der Waals surface area (Å²) >= 11 is 0. The Balaban J connectivity index is 2.03. The maximum absolute atomic E-state index is 12.2. The number of nitrogens with zero attached hydrogens (tertiary/aromatic N) is 1. The van der Waals surface area contributed by atoms with Crippen LogP contribution in [0.25, 0.3) is 0 Å². The summed E-state index contributed by atoms with van der Waals surface area (Å²) in [4.78, 5) is 25.6. The van der Waals surface area contributed by atoms with Gasteiger partial charge in [-0.25, -0.2) is 0 Å². The predicted molar refractivity (Wildman–Crippen MR) is 75.7 cm³/mol. The molecular formula is C15H20N2O3. The maximum atomic E-state index is 12.2. The summed E-state index contributed by atoms with van der Waals surface area (Å²) in [5.74, 6) is 0.377. The number of hydrogen-bond donors (Lipinski definition) is 1. The van der Waals surface area contributed by atoms with E-state index >= 15 is 0 Å². The van der Waals surface area contributed by atoms with Crippen LogP contribution in [0.2, 0.25) is 0 Å². The number of nitrogens with two attached hydrogens (primary N) is 1. The molecule has 0 aliphatic carbocycles. The number of ether oxygens (including phenoxy) is 1. The van der Waals surface area contributed by atoms with Crippen LogP contribution in [0.1, 0.15) is 29.6 Å². The minimum Gasteiger partial charge on any atom is -0.497 e. The van der Waals surface area contributed by atoms with Gasteiger partial charge in [0.05, 0.1) is 19.7 Å². The average molecular weight is 276 g/mol. The summed E-state index contributed by atoms with van der Waals surface area (Å²) < 4.78 is 5.06. The Morgan fingerprint density at radius 3 is 2.60 bits per heavy atom. The highest BCUT2D eigenvalue weighted by atomic mass is 16.5. The molecule has 1 amide bonds. The van der Waals surface area contributed by atoms with Crippen LogP contribution in [0.15, 0.2) is 24.3 Å². The number of likely N-dealkylation sites (tertiary alicyclic amines) is 1. The number of carbonyl (C=O) groups is 2. The minimum absolute atomic E-state index is 0.000744. The van der Waals surface area contributed by atoms with E-state index in [1.807, 2.05) is 4.90 Å². The quantitative estimate of drug-likeness (QED) is 0.821. The third-order valence-corrected chi connectivity index (χ3v) is 3.70. The molecule has 0 spiro atoms. The molecular weight excluding hydrogens is 256 g/mol. The molecule has 20 heavy (non-hydrogen) atoms. The van der Waals surface area contributed by atoms with E-state index in [2.05, 4.69) is 0 Å². The van der Waals surface area contributed by atoms with Gasteiger partial charge in [0.2, 0.25) is 5.91 Å². The first kappa shape index (κ1) is 14.5. The second-order valence-corrected chi connectivity index (χ2v) is 5.04. The van der Waals surface area contributed by atoms with E-state index in [0.29, 0.717) is 5.56 Å². The number of piperidine rings is 1. The smallest absolute Gasteiger partial charge is 0.234 e. The Kier molecular flexibility index (Phi) is 4.74. The number of methoxy groups -OCH3 is 1. The standard InChI is InChI=1S/C15H20N2O3/c1-20-12-7-5-11(6-8-12)14(18)10-17-9-3-2-4-13(17)15(16)19/h5-8,13H,2-4,9-10H2,1H3,(H2,16,19). The highest BCUT2D eigenvalue weighted by Crippen LogP contribution is 2.18. The highest BCUT2D eigenvalue weighted by molar-refractivity contribution is 5.98. The molecule has 1 unspecified atom stereocenters. The van der Waals surface area contributed by atoms with Crippen LogP contribution < -0.4 is 10.5 Å². The van der Waals surface area contributed by atoms with Gasteiger partial charge in [0.25, 0.3) is 0 Å². The van der Waals surface area contributed by atoms with Gasteiger partial charge in [-0.15, -0.1) is 0 Å². The second-order valence-electron chi connectivity index (χ2n) is 5.04. The number of Topliss-reactive ketones (excluding diaryl/α,β-unsaturated/α-hetero) is 1. The zero-order valence-electron chi connectivity index (χ0n) is 11.7. The molecule has 0 aromatic heterocycles. The van der Waals surface area contributed by atoms with Crippen LogP contribution in [0, 0.1) is 0 Å². The minimum atomic E-state index is -0.341. The first-order chi connectivity index (χ1) is 9.61. The van der Waals surface area contributed by atoms with Crippen LogP contribution in [-0.4, -0.2) is 42.8 Å². The molecule has 1 aliphatic heterocycles. The topological polar surface area (TPSA) is 72.6 Å². The molecule has 0 saturated carbocycles. The lowest BCUT2D eigenvalue weighted by atomic mass is 10.0. The van der Waals surface area contributed by atoms with Crippen molar-refractivity contribution in [1.82, 2.24) is 4.90 Å². The first-order valence-electron chi connectivity index (χ1n) is 6.82. The third kappa shape index (κ3) is 3.36. The Morgan fingerprint density at radius 1 is 1.30 bits per heavy atom. The zero-order chi connectivity index (χ0) is 14.5. The van der Waals surface area contributed by atoms with Gasteiger partial charge >= 0.3 is 0 Å². The lowest BCUT2D eigenvalue weighted by molar-refractivity contribution is -0.124. The first-order valence-corrected chi connectivity index (χ1v) is 6.82. The maximum Gasteiger partial charge on any atom is 0.234 e. The van der Waals surface area contributed by atoms with Crippen molar-refractivity contribution in [2.24, 2.45) is 5.73 Å². The van der Waals surface area contributed by atoms with Crippen LogP contribution in [0.4, 0.5) is 0 Å². The van der Waals surface area contributed by atoms with Crippen molar-refractivity contribution in [3.05, 3.63) is 29.8 Å². The van der Waals surface area contributed by atoms with E-state index in [4.69, 9.17) is 10.5 Å². The number of carbonyl (C=O) groups excluding carboxylic acids is 2. The van der Waals surface area contributed by atoms with E-state index in [1.165, 1.54) is 0 Å². The number of amides is 1. The predicted octanol–water partition coefficient (Wildman–Crippen LogP) is 1.22. The molecule has 0 bridgehead atoms. The monoisotopic (exact) mass is 276 g/mol. The number of hydrogen-bond acceptors (Lipinski definition) is 4. The summed E-state index contributed by atoms with van der Waals surface area (Å²) in [6.07, 6.45) is 2.73. The molecule has 1 aromatic carbocycles. The highest BCUT2D eigenvalue weighted by Gasteiger charge is 2.28. The Labute approximate surface area is 118 Å². The average Bonchev–Trinajstić information content (AvgIpc) is 2.47. The van der Waals surface area contributed by atoms with Crippen molar-refractivity contribution < 1.29 is 14.3 Å².